The van der Waals surface area contributed by atoms with Gasteiger partial charge in [-0.2, -0.15) is 0 Å². The quantitative estimate of drug-likeness (QED) is 0.813. The first-order valence-electron chi connectivity index (χ1n) is 7.21. The number of hydrogen-bond acceptors (Lipinski definition) is 3. The highest BCUT2D eigenvalue weighted by Crippen LogP contribution is 2.25. The van der Waals surface area contributed by atoms with Gasteiger partial charge in [-0.15, -0.1) is 0 Å². The van der Waals surface area contributed by atoms with E-state index in [0.717, 1.165) is 18.4 Å². The van der Waals surface area contributed by atoms with Crippen LogP contribution in [-0.4, -0.2) is 24.1 Å². The highest BCUT2D eigenvalue weighted by molar-refractivity contribution is 6.32. The highest BCUT2D eigenvalue weighted by Gasteiger charge is 2.18. The third-order valence-electron chi connectivity index (χ3n) is 3.27. The molecule has 1 unspecified atom stereocenters. The van der Waals surface area contributed by atoms with Crippen molar-refractivity contribution in [2.24, 2.45) is 5.73 Å². The van der Waals surface area contributed by atoms with Crippen LogP contribution in [0.3, 0.4) is 0 Å². The Hall–Kier alpha value is -1.26. The molecule has 1 aromatic rings. The average molecular weight is 313 g/mol. The van der Waals surface area contributed by atoms with Gasteiger partial charge in [0.2, 0.25) is 0 Å². The smallest absolute Gasteiger partial charge is 0.258 e. The second kappa shape index (κ2) is 7.66. The molecule has 0 aliphatic rings. The van der Waals surface area contributed by atoms with Gasteiger partial charge in [-0.05, 0) is 51.3 Å². The van der Waals surface area contributed by atoms with Crippen molar-refractivity contribution >= 4 is 17.5 Å². The van der Waals surface area contributed by atoms with Gasteiger partial charge in [0.25, 0.3) is 5.91 Å². The lowest BCUT2D eigenvalue weighted by Crippen LogP contribution is -2.44. The van der Waals surface area contributed by atoms with Crippen LogP contribution in [0.1, 0.15) is 39.7 Å². The summed E-state index contributed by atoms with van der Waals surface area (Å²) in [6.45, 7) is 7.87. The molecule has 1 atom stereocenters. The summed E-state index contributed by atoms with van der Waals surface area (Å²) in [4.78, 5) is 11.8. The minimum atomic E-state index is -0.231. The molecular formula is C16H25ClN2O2. The first-order valence-corrected chi connectivity index (χ1v) is 7.59. The molecule has 5 heteroatoms. The minimum absolute atomic E-state index is 0.0458. The number of hydrogen-bond donors (Lipinski definition) is 2. The standard InChI is InChI=1S/C16H25ClN2O2/c1-5-16(3,4)19-15(20)10-21-14-7-6-12(8-11(2)18)9-13(14)17/h6-7,9,11H,5,8,10,18H2,1-4H3,(H,19,20). The Morgan fingerprint density at radius 1 is 1.48 bits per heavy atom. The molecule has 1 rings (SSSR count). The van der Waals surface area contributed by atoms with E-state index in [1.54, 1.807) is 6.07 Å². The maximum atomic E-state index is 11.8. The maximum absolute atomic E-state index is 11.8. The normalized spacial score (nSPS) is 12.9. The molecule has 0 saturated carbocycles. The number of carbonyl (C=O) groups excluding carboxylic acids is 1. The van der Waals surface area contributed by atoms with Gasteiger partial charge in [-0.3, -0.25) is 4.79 Å². The Bertz CT molecular complexity index is 487. The van der Waals surface area contributed by atoms with Crippen molar-refractivity contribution < 1.29 is 9.53 Å². The molecule has 0 aromatic heterocycles. The van der Waals surface area contributed by atoms with E-state index in [9.17, 15) is 4.79 Å². The Morgan fingerprint density at radius 3 is 2.67 bits per heavy atom. The second-order valence-electron chi connectivity index (χ2n) is 6.02. The zero-order valence-corrected chi connectivity index (χ0v) is 14.0. The molecule has 0 saturated heterocycles. The average Bonchev–Trinajstić information content (AvgIpc) is 2.36. The van der Waals surface area contributed by atoms with Crippen molar-refractivity contribution in [3.05, 3.63) is 28.8 Å². The van der Waals surface area contributed by atoms with E-state index in [1.165, 1.54) is 0 Å². The summed E-state index contributed by atoms with van der Waals surface area (Å²) < 4.78 is 5.47. The van der Waals surface area contributed by atoms with E-state index in [2.05, 4.69) is 5.32 Å². The molecule has 1 amide bonds. The van der Waals surface area contributed by atoms with Crippen LogP contribution in [-0.2, 0) is 11.2 Å². The minimum Gasteiger partial charge on any atom is -0.482 e. The van der Waals surface area contributed by atoms with Gasteiger partial charge in [0.1, 0.15) is 5.75 Å². The summed E-state index contributed by atoms with van der Waals surface area (Å²) in [6.07, 6.45) is 1.61. The number of nitrogens with two attached hydrogens (primary N) is 1. The summed E-state index contributed by atoms with van der Waals surface area (Å²) in [5.74, 6) is 0.354. The lowest BCUT2D eigenvalue weighted by Gasteiger charge is -2.24. The molecule has 0 spiro atoms. The summed E-state index contributed by atoms with van der Waals surface area (Å²) in [5, 5.41) is 3.41. The van der Waals surface area contributed by atoms with Crippen molar-refractivity contribution in [2.75, 3.05) is 6.61 Å². The fourth-order valence-electron chi connectivity index (χ4n) is 1.81. The molecule has 0 radical (unpaired) electrons. The SMILES string of the molecule is CCC(C)(C)NC(=O)COc1ccc(CC(C)N)cc1Cl. The zero-order chi connectivity index (χ0) is 16.0. The number of nitrogens with one attached hydrogen (secondary N) is 1. The van der Waals surface area contributed by atoms with Gasteiger partial charge < -0.3 is 15.8 Å². The molecule has 118 valence electrons. The first-order chi connectivity index (χ1) is 9.73. The van der Waals surface area contributed by atoms with Crippen LogP contribution < -0.4 is 15.8 Å². The molecule has 0 aliphatic heterocycles. The molecule has 3 N–H and O–H groups in total. The third kappa shape index (κ3) is 6.36. The monoisotopic (exact) mass is 312 g/mol. The summed E-state index contributed by atoms with van der Waals surface area (Å²) in [5.41, 5.74) is 6.58. The maximum Gasteiger partial charge on any atom is 0.258 e. The number of halogens is 1. The van der Waals surface area contributed by atoms with Crippen LogP contribution in [0.25, 0.3) is 0 Å². The van der Waals surface area contributed by atoms with E-state index in [1.807, 2.05) is 39.8 Å². The largest absolute Gasteiger partial charge is 0.482 e. The number of carbonyl (C=O) groups is 1. The molecule has 4 nitrogen and oxygen atoms in total. The topological polar surface area (TPSA) is 64.3 Å². The number of amides is 1. The first kappa shape index (κ1) is 17.8. The molecule has 0 heterocycles. The van der Waals surface area contributed by atoms with Crippen LogP contribution in [0.15, 0.2) is 18.2 Å². The molecule has 0 aliphatic carbocycles. The van der Waals surface area contributed by atoms with E-state index >= 15 is 0 Å². The molecule has 0 bridgehead atoms. The summed E-state index contributed by atoms with van der Waals surface area (Å²) in [7, 11) is 0. The summed E-state index contributed by atoms with van der Waals surface area (Å²) >= 11 is 6.16. The van der Waals surface area contributed by atoms with E-state index in [-0.39, 0.29) is 24.1 Å². The Kier molecular flexibility index (Phi) is 6.49. The number of rotatable bonds is 7. The van der Waals surface area contributed by atoms with Crippen LogP contribution >= 0.6 is 11.6 Å². The predicted molar refractivity (Wildman–Crippen MR) is 86.8 cm³/mol. The van der Waals surface area contributed by atoms with E-state index in [4.69, 9.17) is 22.1 Å². The van der Waals surface area contributed by atoms with Crippen LogP contribution in [0.4, 0.5) is 0 Å². The molecule has 21 heavy (non-hydrogen) atoms. The zero-order valence-electron chi connectivity index (χ0n) is 13.2. The molecule has 0 fully saturated rings. The highest BCUT2D eigenvalue weighted by atomic mass is 35.5. The number of benzene rings is 1. The van der Waals surface area contributed by atoms with Gasteiger partial charge in [-0.25, -0.2) is 0 Å². The lowest BCUT2D eigenvalue weighted by molar-refractivity contribution is -0.124. The van der Waals surface area contributed by atoms with Crippen molar-refractivity contribution in [1.82, 2.24) is 5.32 Å². The van der Waals surface area contributed by atoms with Crippen molar-refractivity contribution in [3.8, 4) is 5.75 Å². The fourth-order valence-corrected chi connectivity index (χ4v) is 2.06. The lowest BCUT2D eigenvalue weighted by atomic mass is 10.0. The van der Waals surface area contributed by atoms with Crippen LogP contribution in [0.5, 0.6) is 5.75 Å². The van der Waals surface area contributed by atoms with Crippen LogP contribution in [0, 0.1) is 0 Å². The van der Waals surface area contributed by atoms with Gasteiger partial charge in [0.15, 0.2) is 6.61 Å². The Morgan fingerprint density at radius 2 is 2.14 bits per heavy atom. The number of ether oxygens (including phenoxy) is 1. The van der Waals surface area contributed by atoms with Crippen molar-refractivity contribution in [3.63, 3.8) is 0 Å². The van der Waals surface area contributed by atoms with Crippen LogP contribution in [0.2, 0.25) is 5.02 Å². The second-order valence-corrected chi connectivity index (χ2v) is 6.43. The molecule has 1 aromatic carbocycles. The summed E-state index contributed by atoms with van der Waals surface area (Å²) in [6, 6.07) is 5.60. The van der Waals surface area contributed by atoms with Gasteiger partial charge >= 0.3 is 0 Å². The van der Waals surface area contributed by atoms with Gasteiger partial charge in [0, 0.05) is 11.6 Å². The Labute approximate surface area is 132 Å². The Balaban J connectivity index is 2.58. The van der Waals surface area contributed by atoms with Gasteiger partial charge in [0.05, 0.1) is 5.02 Å². The van der Waals surface area contributed by atoms with E-state index < -0.39 is 0 Å². The van der Waals surface area contributed by atoms with E-state index in [0.29, 0.717) is 10.8 Å². The van der Waals surface area contributed by atoms with Crippen molar-refractivity contribution in [1.29, 1.82) is 0 Å². The van der Waals surface area contributed by atoms with Crippen molar-refractivity contribution in [2.45, 2.75) is 52.1 Å². The third-order valence-corrected chi connectivity index (χ3v) is 3.57. The van der Waals surface area contributed by atoms with Gasteiger partial charge in [-0.1, -0.05) is 24.6 Å². The molecular weight excluding hydrogens is 288 g/mol. The predicted octanol–water partition coefficient (Wildman–Crippen LogP) is 2.91. The fraction of sp³-hybridized carbons (Fsp3) is 0.562.